The molecular weight excluding hydrogens is 465 g/mol. The molecule has 0 saturated heterocycles. The van der Waals surface area contributed by atoms with Gasteiger partial charge in [0, 0.05) is 15.8 Å². The predicted octanol–water partition coefficient (Wildman–Crippen LogP) is 5.84. The highest BCUT2D eigenvalue weighted by Gasteiger charge is 2.31. The second-order valence-corrected chi connectivity index (χ2v) is 8.19. The Kier molecular flexibility index (Phi) is 5.45. The second-order valence-electron chi connectivity index (χ2n) is 7.31. The van der Waals surface area contributed by atoms with Crippen LogP contribution in [0.5, 0.6) is 0 Å². The minimum Gasteiger partial charge on any atom is -0.332 e. The van der Waals surface area contributed by atoms with Gasteiger partial charge in [-0.3, -0.25) is 4.79 Å². The molecule has 34 heavy (non-hydrogen) atoms. The van der Waals surface area contributed by atoms with Crippen LogP contribution in [0.3, 0.4) is 0 Å². The predicted molar refractivity (Wildman–Crippen MR) is 123 cm³/mol. The van der Waals surface area contributed by atoms with Crippen molar-refractivity contribution in [3.8, 4) is 28.7 Å². The fourth-order valence-electron chi connectivity index (χ4n) is 3.54. The summed E-state index contributed by atoms with van der Waals surface area (Å²) < 4.78 is 46.0. The number of nitrogens with zero attached hydrogens (tertiary/aromatic N) is 4. The zero-order valence-electron chi connectivity index (χ0n) is 17.6. The molecule has 0 saturated carbocycles. The Bertz CT molecular complexity index is 1580. The average Bonchev–Trinajstić information content (AvgIpc) is 3.34. The van der Waals surface area contributed by atoms with E-state index < -0.39 is 11.7 Å². The maximum Gasteiger partial charge on any atom is 0.416 e. The Labute approximate surface area is 195 Å². The monoisotopic (exact) mass is 480 g/mol. The summed E-state index contributed by atoms with van der Waals surface area (Å²) in [6.07, 6.45) is -2.57. The van der Waals surface area contributed by atoms with Crippen LogP contribution in [0.1, 0.15) is 5.56 Å². The summed E-state index contributed by atoms with van der Waals surface area (Å²) in [7, 11) is 0. The Hall–Kier alpha value is -3.92. The van der Waals surface area contributed by atoms with Gasteiger partial charge in [-0.25, -0.2) is 0 Å². The van der Waals surface area contributed by atoms with Crippen molar-refractivity contribution < 1.29 is 17.7 Å². The molecule has 0 spiro atoms. The molecule has 0 amide bonds. The first-order valence-corrected chi connectivity index (χ1v) is 11.3. The van der Waals surface area contributed by atoms with Crippen molar-refractivity contribution in [2.75, 3.05) is 6.26 Å². The summed E-state index contributed by atoms with van der Waals surface area (Å²) in [5, 5.41) is 9.24. The number of hydrogen-bond acceptors (Lipinski definition) is 6. The number of rotatable bonds is 4. The molecule has 10 heteroatoms. The van der Waals surface area contributed by atoms with Crippen molar-refractivity contribution in [3.05, 3.63) is 88.7 Å². The summed E-state index contributed by atoms with van der Waals surface area (Å²) in [5.74, 6) is -0.0347. The molecule has 0 radical (unpaired) electrons. The van der Waals surface area contributed by atoms with E-state index in [1.54, 1.807) is 30.3 Å². The molecule has 2 heterocycles. The molecule has 0 N–H and O–H groups in total. The molecule has 0 fully saturated rings. The highest BCUT2D eigenvalue weighted by Crippen LogP contribution is 2.32. The van der Waals surface area contributed by atoms with E-state index >= 15 is 0 Å². The van der Waals surface area contributed by atoms with Gasteiger partial charge in [-0.05, 0) is 42.7 Å². The Morgan fingerprint density at radius 1 is 0.941 bits per heavy atom. The van der Waals surface area contributed by atoms with Gasteiger partial charge in [0.2, 0.25) is 5.82 Å². The quantitative estimate of drug-likeness (QED) is 0.301. The van der Waals surface area contributed by atoms with Gasteiger partial charge in [0.25, 0.3) is 11.4 Å². The number of alkyl halides is 3. The van der Waals surface area contributed by atoms with Crippen molar-refractivity contribution in [1.29, 1.82) is 0 Å². The van der Waals surface area contributed by atoms with Gasteiger partial charge in [0.15, 0.2) is 5.69 Å². The van der Waals surface area contributed by atoms with Crippen molar-refractivity contribution in [2.24, 2.45) is 0 Å². The molecule has 0 unspecified atom stereocenters. The van der Waals surface area contributed by atoms with Crippen LogP contribution < -0.4 is 5.56 Å². The molecule has 6 nitrogen and oxygen atoms in total. The van der Waals surface area contributed by atoms with Crippen LogP contribution in [-0.4, -0.2) is 26.2 Å². The van der Waals surface area contributed by atoms with Gasteiger partial charge in [0.1, 0.15) is 0 Å². The molecule has 5 aromatic rings. The highest BCUT2D eigenvalue weighted by atomic mass is 32.2. The van der Waals surface area contributed by atoms with E-state index in [9.17, 15) is 18.0 Å². The van der Waals surface area contributed by atoms with Gasteiger partial charge in [-0.15, -0.1) is 11.8 Å². The summed E-state index contributed by atoms with van der Waals surface area (Å²) in [6, 6.07) is 18.8. The summed E-state index contributed by atoms with van der Waals surface area (Å²) >= 11 is 1.53. The molecular formula is C24H15F3N4O2S. The second kappa shape index (κ2) is 8.45. The number of thioether (sulfide) groups is 1. The molecule has 3 aromatic carbocycles. The third-order valence-electron chi connectivity index (χ3n) is 5.18. The van der Waals surface area contributed by atoms with Crippen molar-refractivity contribution in [3.63, 3.8) is 0 Å². The molecule has 5 rings (SSSR count). The van der Waals surface area contributed by atoms with Crippen LogP contribution in [0.2, 0.25) is 0 Å². The summed E-state index contributed by atoms with van der Waals surface area (Å²) in [5.41, 5.74) is -0.190. The number of aromatic nitrogens is 4. The maximum absolute atomic E-state index is 13.2. The molecule has 0 aliphatic carbocycles. The first-order valence-electron chi connectivity index (χ1n) is 10.0. The van der Waals surface area contributed by atoms with Gasteiger partial charge >= 0.3 is 6.18 Å². The minimum atomic E-state index is -4.50. The lowest BCUT2D eigenvalue weighted by atomic mass is 10.1. The maximum atomic E-state index is 13.2. The van der Waals surface area contributed by atoms with Crippen LogP contribution >= 0.6 is 11.8 Å². The van der Waals surface area contributed by atoms with Crippen molar-refractivity contribution in [2.45, 2.75) is 11.1 Å². The van der Waals surface area contributed by atoms with Gasteiger partial charge < -0.3 is 4.52 Å². The van der Waals surface area contributed by atoms with Gasteiger partial charge in [-0.1, -0.05) is 41.6 Å². The Morgan fingerprint density at radius 2 is 1.71 bits per heavy atom. The third-order valence-corrected chi connectivity index (χ3v) is 5.90. The molecule has 0 aliphatic heterocycles. The lowest BCUT2D eigenvalue weighted by Gasteiger charge is -2.10. The first kappa shape index (κ1) is 21.9. The number of halogens is 3. The fraction of sp³-hybridized carbons (Fsp3) is 0.0833. The van der Waals surface area contributed by atoms with E-state index in [0.29, 0.717) is 16.5 Å². The van der Waals surface area contributed by atoms with E-state index in [-0.39, 0.29) is 28.5 Å². The van der Waals surface area contributed by atoms with Crippen LogP contribution in [0.25, 0.3) is 39.4 Å². The van der Waals surface area contributed by atoms with E-state index in [2.05, 4.69) is 15.2 Å². The van der Waals surface area contributed by atoms with Crippen LogP contribution in [0, 0.1) is 0 Å². The average molecular weight is 480 g/mol. The van der Waals surface area contributed by atoms with E-state index in [1.165, 1.54) is 28.6 Å². The SMILES string of the molecule is CSc1cccc(-n2nc(-c3nc(-c4cccc(C(F)(F)F)c4)no3)c3ccccc3c2=O)c1. The number of fused-ring (bicyclic) bond motifs is 1. The number of benzene rings is 3. The lowest BCUT2D eigenvalue weighted by Crippen LogP contribution is -2.22. The van der Waals surface area contributed by atoms with Crippen LogP contribution in [0.4, 0.5) is 13.2 Å². The number of hydrogen-bond donors (Lipinski definition) is 0. The smallest absolute Gasteiger partial charge is 0.332 e. The molecule has 0 bridgehead atoms. The van der Waals surface area contributed by atoms with Gasteiger partial charge in [0.05, 0.1) is 16.6 Å². The van der Waals surface area contributed by atoms with Gasteiger partial charge in [-0.2, -0.15) is 27.9 Å². The summed E-state index contributed by atoms with van der Waals surface area (Å²) in [4.78, 5) is 18.4. The Balaban J connectivity index is 1.68. The normalized spacial score (nSPS) is 11.8. The lowest BCUT2D eigenvalue weighted by molar-refractivity contribution is -0.137. The van der Waals surface area contributed by atoms with Crippen molar-refractivity contribution in [1.82, 2.24) is 19.9 Å². The first-order chi connectivity index (χ1) is 16.3. The molecule has 170 valence electrons. The largest absolute Gasteiger partial charge is 0.416 e. The van der Waals surface area contributed by atoms with E-state index in [4.69, 9.17) is 4.52 Å². The summed E-state index contributed by atoms with van der Waals surface area (Å²) in [6.45, 7) is 0. The van der Waals surface area contributed by atoms with E-state index in [1.807, 2.05) is 24.5 Å². The van der Waals surface area contributed by atoms with Crippen LogP contribution in [0.15, 0.2) is 87.0 Å². The highest BCUT2D eigenvalue weighted by molar-refractivity contribution is 7.98. The zero-order valence-corrected chi connectivity index (χ0v) is 18.4. The van der Waals surface area contributed by atoms with Crippen molar-refractivity contribution >= 4 is 22.5 Å². The molecule has 2 aromatic heterocycles. The van der Waals surface area contributed by atoms with E-state index in [0.717, 1.165) is 17.0 Å². The zero-order chi connectivity index (χ0) is 23.9. The Morgan fingerprint density at radius 3 is 2.47 bits per heavy atom. The molecule has 0 aliphatic rings. The fourth-order valence-corrected chi connectivity index (χ4v) is 3.99. The standard InChI is InChI=1S/C24H15F3N4O2S/c1-34-17-9-5-8-16(13-17)31-23(32)19-11-3-2-10-18(19)20(29-31)22-28-21(30-33-22)14-6-4-7-15(12-14)24(25,26)27/h2-13H,1H3. The molecule has 0 atom stereocenters. The third kappa shape index (κ3) is 3.96. The minimum absolute atomic E-state index is 0.0154. The van der Waals surface area contributed by atoms with Crippen LogP contribution in [-0.2, 0) is 6.18 Å². The topological polar surface area (TPSA) is 73.8 Å².